The number of rotatable bonds is 7. The fourth-order valence-corrected chi connectivity index (χ4v) is 1.96. The first-order valence-electron chi connectivity index (χ1n) is 6.65. The first-order valence-corrected chi connectivity index (χ1v) is 6.65. The van der Waals surface area contributed by atoms with E-state index in [1.54, 1.807) is 26.0 Å². The van der Waals surface area contributed by atoms with Crippen LogP contribution in [0.1, 0.15) is 25.8 Å². The lowest BCUT2D eigenvalue weighted by atomic mass is 9.98. The average molecular weight is 283 g/mol. The Morgan fingerprint density at radius 2 is 2.15 bits per heavy atom. The predicted octanol–water partition coefficient (Wildman–Crippen LogP) is 2.44. The molecular formula is C15H22FNO3. The Kier molecular flexibility index (Phi) is 5.95. The molecule has 1 atom stereocenters. The lowest BCUT2D eigenvalue weighted by Gasteiger charge is -2.27. The molecule has 1 rings (SSSR count). The minimum atomic E-state index is -0.779. The molecule has 0 aliphatic rings. The van der Waals surface area contributed by atoms with Crippen LogP contribution in [0.2, 0.25) is 0 Å². The molecule has 20 heavy (non-hydrogen) atoms. The van der Waals surface area contributed by atoms with Crippen molar-refractivity contribution in [1.29, 1.82) is 0 Å². The molecule has 4 nitrogen and oxygen atoms in total. The molecule has 0 radical (unpaired) electrons. The second-order valence-corrected chi connectivity index (χ2v) is 4.86. The van der Waals surface area contributed by atoms with E-state index in [1.165, 1.54) is 13.2 Å². The fourth-order valence-electron chi connectivity index (χ4n) is 1.96. The Bertz CT molecular complexity index is 464. The fraction of sp³-hybridized carbons (Fsp3) is 0.533. The summed E-state index contributed by atoms with van der Waals surface area (Å²) in [6, 6.07) is 4.58. The number of nitrogens with one attached hydrogen (secondary N) is 1. The van der Waals surface area contributed by atoms with Crippen LogP contribution in [-0.4, -0.2) is 31.8 Å². The molecule has 1 N–H and O–H groups in total. The third kappa shape index (κ3) is 4.20. The van der Waals surface area contributed by atoms with E-state index in [0.29, 0.717) is 30.9 Å². The molecule has 1 unspecified atom stereocenters. The molecule has 112 valence electrons. The van der Waals surface area contributed by atoms with Crippen LogP contribution < -0.4 is 10.1 Å². The Morgan fingerprint density at radius 1 is 1.45 bits per heavy atom. The molecule has 0 bridgehead atoms. The SMILES string of the molecule is CCNC(C)(CCOc1ccc(F)c(C)c1)C(=O)OC. The van der Waals surface area contributed by atoms with Crippen molar-refractivity contribution in [2.45, 2.75) is 32.7 Å². The van der Waals surface area contributed by atoms with Gasteiger partial charge in [-0.2, -0.15) is 0 Å². The minimum Gasteiger partial charge on any atom is -0.493 e. The van der Waals surface area contributed by atoms with Crippen molar-refractivity contribution in [3.05, 3.63) is 29.6 Å². The molecule has 1 aromatic carbocycles. The van der Waals surface area contributed by atoms with E-state index in [-0.39, 0.29) is 11.8 Å². The number of carbonyl (C=O) groups excluding carboxylic acids is 1. The number of esters is 1. The summed E-state index contributed by atoms with van der Waals surface area (Å²) in [6.07, 6.45) is 0.462. The van der Waals surface area contributed by atoms with Gasteiger partial charge in [-0.25, -0.2) is 4.39 Å². The van der Waals surface area contributed by atoms with Crippen molar-refractivity contribution in [3.8, 4) is 5.75 Å². The molecule has 0 amide bonds. The van der Waals surface area contributed by atoms with Gasteiger partial charge in [-0.3, -0.25) is 4.79 Å². The summed E-state index contributed by atoms with van der Waals surface area (Å²) in [6.45, 7) is 6.37. The zero-order chi connectivity index (χ0) is 15.2. The topological polar surface area (TPSA) is 47.6 Å². The Hall–Kier alpha value is -1.62. The van der Waals surface area contributed by atoms with Gasteiger partial charge in [0, 0.05) is 6.42 Å². The van der Waals surface area contributed by atoms with Gasteiger partial charge in [-0.05, 0) is 44.2 Å². The van der Waals surface area contributed by atoms with Crippen LogP contribution in [0.15, 0.2) is 18.2 Å². The van der Waals surface area contributed by atoms with Gasteiger partial charge >= 0.3 is 5.97 Å². The number of aryl methyl sites for hydroxylation is 1. The molecule has 0 aliphatic heterocycles. The van der Waals surface area contributed by atoms with Crippen LogP contribution in [0, 0.1) is 12.7 Å². The number of hydrogen-bond acceptors (Lipinski definition) is 4. The van der Waals surface area contributed by atoms with E-state index in [9.17, 15) is 9.18 Å². The van der Waals surface area contributed by atoms with Crippen molar-refractivity contribution in [2.24, 2.45) is 0 Å². The highest BCUT2D eigenvalue weighted by Gasteiger charge is 2.33. The third-order valence-electron chi connectivity index (χ3n) is 3.20. The number of hydrogen-bond donors (Lipinski definition) is 1. The van der Waals surface area contributed by atoms with Gasteiger partial charge in [0.15, 0.2) is 0 Å². The molecule has 5 heteroatoms. The average Bonchev–Trinajstić information content (AvgIpc) is 2.42. The van der Waals surface area contributed by atoms with Crippen LogP contribution in [0.4, 0.5) is 4.39 Å². The van der Waals surface area contributed by atoms with E-state index in [2.05, 4.69) is 5.32 Å². The first kappa shape index (κ1) is 16.4. The zero-order valence-electron chi connectivity index (χ0n) is 12.5. The van der Waals surface area contributed by atoms with Gasteiger partial charge in [-0.1, -0.05) is 6.92 Å². The summed E-state index contributed by atoms with van der Waals surface area (Å²) in [7, 11) is 1.36. The number of ether oxygens (including phenoxy) is 2. The molecule has 0 saturated carbocycles. The highest BCUT2D eigenvalue weighted by Crippen LogP contribution is 2.18. The van der Waals surface area contributed by atoms with E-state index in [1.807, 2.05) is 6.92 Å². The maximum absolute atomic E-state index is 13.1. The maximum atomic E-state index is 13.1. The molecule has 0 heterocycles. The smallest absolute Gasteiger partial charge is 0.325 e. The van der Waals surface area contributed by atoms with Crippen molar-refractivity contribution in [2.75, 3.05) is 20.3 Å². The van der Waals surface area contributed by atoms with Crippen LogP contribution in [-0.2, 0) is 9.53 Å². The monoisotopic (exact) mass is 283 g/mol. The number of halogens is 1. The predicted molar refractivity (Wildman–Crippen MR) is 75.3 cm³/mol. The second-order valence-electron chi connectivity index (χ2n) is 4.86. The van der Waals surface area contributed by atoms with E-state index < -0.39 is 5.54 Å². The quantitative estimate of drug-likeness (QED) is 0.781. The number of benzene rings is 1. The van der Waals surface area contributed by atoms with E-state index in [4.69, 9.17) is 9.47 Å². The van der Waals surface area contributed by atoms with Crippen molar-refractivity contribution in [1.82, 2.24) is 5.32 Å². The molecule has 0 spiro atoms. The highest BCUT2D eigenvalue weighted by atomic mass is 19.1. The number of methoxy groups -OCH3 is 1. The molecule has 0 saturated heterocycles. The molecule has 1 aromatic rings. The maximum Gasteiger partial charge on any atom is 0.325 e. The normalized spacial score (nSPS) is 13.7. The number of carbonyl (C=O) groups is 1. The van der Waals surface area contributed by atoms with Crippen LogP contribution in [0.5, 0.6) is 5.75 Å². The minimum absolute atomic E-state index is 0.260. The molecule has 0 aliphatic carbocycles. The molecule has 0 fully saturated rings. The van der Waals surface area contributed by atoms with Crippen molar-refractivity contribution < 1.29 is 18.7 Å². The first-order chi connectivity index (χ1) is 9.42. The van der Waals surface area contributed by atoms with E-state index >= 15 is 0 Å². The Labute approximate surface area is 119 Å². The van der Waals surface area contributed by atoms with Gasteiger partial charge in [0.05, 0.1) is 13.7 Å². The summed E-state index contributed by atoms with van der Waals surface area (Å²) in [5, 5.41) is 3.10. The van der Waals surface area contributed by atoms with Crippen molar-refractivity contribution >= 4 is 5.97 Å². The van der Waals surface area contributed by atoms with Gasteiger partial charge < -0.3 is 14.8 Å². The Balaban J connectivity index is 2.60. The summed E-state index contributed by atoms with van der Waals surface area (Å²) in [5.41, 5.74) is -0.247. The van der Waals surface area contributed by atoms with Crippen LogP contribution in [0.25, 0.3) is 0 Å². The lowest BCUT2D eigenvalue weighted by Crippen LogP contribution is -2.51. The standard InChI is InChI=1S/C15H22FNO3/c1-5-17-15(3,14(18)19-4)8-9-20-12-6-7-13(16)11(2)10-12/h6-7,10,17H,5,8-9H2,1-4H3. The number of likely N-dealkylation sites (N-methyl/N-ethyl adjacent to an activating group) is 1. The lowest BCUT2D eigenvalue weighted by molar-refractivity contribution is -0.148. The molecular weight excluding hydrogens is 261 g/mol. The van der Waals surface area contributed by atoms with Crippen molar-refractivity contribution in [3.63, 3.8) is 0 Å². The largest absolute Gasteiger partial charge is 0.493 e. The van der Waals surface area contributed by atoms with Gasteiger partial charge in [0.1, 0.15) is 17.1 Å². The Morgan fingerprint density at radius 3 is 2.70 bits per heavy atom. The zero-order valence-corrected chi connectivity index (χ0v) is 12.5. The third-order valence-corrected chi connectivity index (χ3v) is 3.20. The summed E-state index contributed by atoms with van der Waals surface area (Å²) in [4.78, 5) is 11.8. The highest BCUT2D eigenvalue weighted by molar-refractivity contribution is 5.80. The van der Waals surface area contributed by atoms with Gasteiger partial charge in [0.25, 0.3) is 0 Å². The summed E-state index contributed by atoms with van der Waals surface area (Å²) in [5.74, 6) is 0.00949. The van der Waals surface area contributed by atoms with Gasteiger partial charge in [-0.15, -0.1) is 0 Å². The second kappa shape index (κ2) is 7.24. The van der Waals surface area contributed by atoms with E-state index in [0.717, 1.165) is 0 Å². The summed E-state index contributed by atoms with van der Waals surface area (Å²) >= 11 is 0. The van der Waals surface area contributed by atoms with Crippen LogP contribution in [0.3, 0.4) is 0 Å². The van der Waals surface area contributed by atoms with Gasteiger partial charge in [0.2, 0.25) is 0 Å². The molecule has 0 aromatic heterocycles. The summed E-state index contributed by atoms with van der Waals surface area (Å²) < 4.78 is 23.5. The van der Waals surface area contributed by atoms with Crippen LogP contribution >= 0.6 is 0 Å².